The summed E-state index contributed by atoms with van der Waals surface area (Å²) in [6.07, 6.45) is 0.819. The summed E-state index contributed by atoms with van der Waals surface area (Å²) in [6, 6.07) is 0. The van der Waals surface area contributed by atoms with Gasteiger partial charge in [0.05, 0.1) is 0 Å². The van der Waals surface area contributed by atoms with Crippen LogP contribution in [-0.4, -0.2) is 37.4 Å². The van der Waals surface area contributed by atoms with E-state index in [9.17, 15) is 0 Å². The van der Waals surface area contributed by atoms with E-state index in [2.05, 4.69) is 24.3 Å². The van der Waals surface area contributed by atoms with Crippen LogP contribution in [0.1, 0.15) is 26.6 Å². The third-order valence-electron chi connectivity index (χ3n) is 2.57. The molecule has 20 heavy (non-hydrogen) atoms. The van der Waals surface area contributed by atoms with Crippen molar-refractivity contribution in [2.45, 2.75) is 36.7 Å². The highest BCUT2D eigenvalue weighted by Gasteiger charge is 2.13. The fraction of sp³-hybridized carbons (Fsp3) is 0.545. The monoisotopic (exact) mass is 330 g/mol. The van der Waals surface area contributed by atoms with Crippen molar-refractivity contribution in [3.63, 3.8) is 0 Å². The molecule has 0 fully saturated rings. The number of rotatable bonds is 6. The average molecular weight is 331 g/mol. The fourth-order valence-corrected chi connectivity index (χ4v) is 3.27. The average Bonchev–Trinajstić information content (AvgIpc) is 2.87. The van der Waals surface area contributed by atoms with Gasteiger partial charge in [-0.25, -0.2) is 4.98 Å². The van der Waals surface area contributed by atoms with Crippen molar-refractivity contribution in [2.24, 2.45) is 0 Å². The first kappa shape index (κ1) is 15.4. The maximum absolute atomic E-state index is 5.97. The third-order valence-corrected chi connectivity index (χ3v) is 4.39. The molecule has 2 heterocycles. The van der Waals surface area contributed by atoms with Crippen molar-refractivity contribution in [1.82, 2.24) is 24.3 Å². The van der Waals surface area contributed by atoms with Crippen LogP contribution in [0.15, 0.2) is 9.50 Å². The van der Waals surface area contributed by atoms with E-state index in [1.54, 1.807) is 0 Å². The van der Waals surface area contributed by atoms with Crippen LogP contribution in [0.5, 0.6) is 0 Å². The van der Waals surface area contributed by atoms with Crippen molar-refractivity contribution >= 4 is 40.8 Å². The molecule has 0 saturated carbocycles. The summed E-state index contributed by atoms with van der Waals surface area (Å²) in [7, 11) is 0. The molecule has 0 aliphatic carbocycles. The Kier molecular flexibility index (Phi) is 5.50. The van der Waals surface area contributed by atoms with E-state index in [0.717, 1.165) is 29.7 Å². The zero-order valence-electron chi connectivity index (χ0n) is 11.5. The van der Waals surface area contributed by atoms with Gasteiger partial charge in [0.2, 0.25) is 16.4 Å². The highest BCUT2D eigenvalue weighted by molar-refractivity contribution is 8.00. The molecular formula is C11H15ClN6S2. The second-order valence-electron chi connectivity index (χ2n) is 3.79. The number of aryl methyl sites for hydroxylation is 1. The lowest BCUT2D eigenvalue weighted by Crippen LogP contribution is -2.24. The predicted molar refractivity (Wildman–Crippen MR) is 81.8 cm³/mol. The largest absolute Gasteiger partial charge is 0.341 e. The Labute approximate surface area is 131 Å². The standard InChI is InChI=1S/C11H15ClN6S2/c1-4-7-13-11(20-17-7)19-10-15-8(12)14-9(16-10)18(5-2)6-3/h4-6H2,1-3H3. The Hall–Kier alpha value is -0.990. The zero-order valence-corrected chi connectivity index (χ0v) is 13.9. The van der Waals surface area contributed by atoms with E-state index in [4.69, 9.17) is 11.6 Å². The van der Waals surface area contributed by atoms with E-state index in [-0.39, 0.29) is 5.28 Å². The number of halogens is 1. The van der Waals surface area contributed by atoms with Gasteiger partial charge in [0.15, 0.2) is 4.34 Å². The third kappa shape index (κ3) is 3.77. The first-order chi connectivity index (χ1) is 9.66. The van der Waals surface area contributed by atoms with Gasteiger partial charge in [0.1, 0.15) is 5.82 Å². The van der Waals surface area contributed by atoms with Gasteiger partial charge in [-0.15, -0.1) is 0 Å². The summed E-state index contributed by atoms with van der Waals surface area (Å²) >= 11 is 8.68. The molecule has 0 N–H and O–H groups in total. The molecule has 108 valence electrons. The molecule has 0 aliphatic heterocycles. The van der Waals surface area contributed by atoms with Gasteiger partial charge in [-0.3, -0.25) is 0 Å². The highest BCUT2D eigenvalue weighted by Crippen LogP contribution is 2.28. The number of nitrogens with zero attached hydrogens (tertiary/aromatic N) is 6. The van der Waals surface area contributed by atoms with Gasteiger partial charge < -0.3 is 4.90 Å². The van der Waals surface area contributed by atoms with Crippen LogP contribution in [-0.2, 0) is 6.42 Å². The maximum atomic E-state index is 5.97. The van der Waals surface area contributed by atoms with Gasteiger partial charge in [0, 0.05) is 19.5 Å². The molecule has 0 aliphatic rings. The van der Waals surface area contributed by atoms with Crippen molar-refractivity contribution < 1.29 is 0 Å². The van der Waals surface area contributed by atoms with Crippen molar-refractivity contribution in [3.05, 3.63) is 11.1 Å². The first-order valence-corrected chi connectivity index (χ1v) is 8.30. The molecule has 0 bridgehead atoms. The van der Waals surface area contributed by atoms with Crippen LogP contribution in [0, 0.1) is 0 Å². The summed E-state index contributed by atoms with van der Waals surface area (Å²) < 4.78 is 5.05. The minimum Gasteiger partial charge on any atom is -0.341 e. The normalized spacial score (nSPS) is 10.8. The van der Waals surface area contributed by atoms with E-state index >= 15 is 0 Å². The Balaban J connectivity index is 2.23. The van der Waals surface area contributed by atoms with Crippen molar-refractivity contribution in [3.8, 4) is 0 Å². The van der Waals surface area contributed by atoms with Gasteiger partial charge in [-0.05, 0) is 48.7 Å². The molecule has 0 radical (unpaired) electrons. The lowest BCUT2D eigenvalue weighted by molar-refractivity contribution is 0.781. The minimum absolute atomic E-state index is 0.199. The summed E-state index contributed by atoms with van der Waals surface area (Å²) in [5.41, 5.74) is 0. The molecule has 0 spiro atoms. The molecule has 0 aromatic carbocycles. The van der Waals surface area contributed by atoms with Gasteiger partial charge in [-0.1, -0.05) is 6.92 Å². The molecule has 0 atom stereocenters. The lowest BCUT2D eigenvalue weighted by Gasteiger charge is -2.18. The summed E-state index contributed by atoms with van der Waals surface area (Å²) in [5, 5.41) is 0.746. The molecule has 0 unspecified atom stereocenters. The Morgan fingerprint density at radius 1 is 1.10 bits per heavy atom. The smallest absolute Gasteiger partial charge is 0.230 e. The van der Waals surface area contributed by atoms with Gasteiger partial charge >= 0.3 is 0 Å². The predicted octanol–water partition coefficient (Wildman–Crippen LogP) is 2.94. The fourth-order valence-electron chi connectivity index (χ4n) is 1.52. The van der Waals surface area contributed by atoms with Crippen LogP contribution in [0.3, 0.4) is 0 Å². The molecule has 2 rings (SSSR count). The van der Waals surface area contributed by atoms with E-state index in [0.29, 0.717) is 11.1 Å². The molecule has 2 aromatic rings. The lowest BCUT2D eigenvalue weighted by atomic mass is 10.5. The molecule has 9 heteroatoms. The Morgan fingerprint density at radius 2 is 1.85 bits per heavy atom. The van der Waals surface area contributed by atoms with Crippen LogP contribution in [0.2, 0.25) is 5.28 Å². The van der Waals surface area contributed by atoms with Crippen molar-refractivity contribution in [2.75, 3.05) is 18.0 Å². The van der Waals surface area contributed by atoms with E-state index in [1.807, 2.05) is 25.7 Å². The molecule has 0 amide bonds. The quantitative estimate of drug-likeness (QED) is 0.806. The zero-order chi connectivity index (χ0) is 14.5. The Morgan fingerprint density at radius 3 is 2.45 bits per heavy atom. The van der Waals surface area contributed by atoms with Crippen LogP contribution >= 0.6 is 34.9 Å². The van der Waals surface area contributed by atoms with Crippen LogP contribution in [0.25, 0.3) is 0 Å². The van der Waals surface area contributed by atoms with E-state index in [1.165, 1.54) is 23.3 Å². The summed E-state index contributed by atoms with van der Waals surface area (Å²) in [6.45, 7) is 7.76. The molecular weight excluding hydrogens is 316 g/mol. The molecule has 6 nitrogen and oxygen atoms in total. The topological polar surface area (TPSA) is 67.7 Å². The number of anilines is 1. The highest BCUT2D eigenvalue weighted by atomic mass is 35.5. The molecule has 2 aromatic heterocycles. The summed E-state index contributed by atoms with van der Waals surface area (Å²) in [4.78, 5) is 19.1. The number of aromatic nitrogens is 5. The first-order valence-electron chi connectivity index (χ1n) is 6.33. The maximum Gasteiger partial charge on any atom is 0.230 e. The van der Waals surface area contributed by atoms with Crippen LogP contribution in [0.4, 0.5) is 5.95 Å². The number of hydrogen-bond donors (Lipinski definition) is 0. The second kappa shape index (κ2) is 7.14. The van der Waals surface area contributed by atoms with Gasteiger partial charge in [0.25, 0.3) is 0 Å². The second-order valence-corrected chi connectivity index (χ2v) is 6.10. The van der Waals surface area contributed by atoms with Crippen LogP contribution < -0.4 is 4.90 Å². The molecule has 0 saturated heterocycles. The Bertz CT molecular complexity index is 572. The van der Waals surface area contributed by atoms with Gasteiger partial charge in [-0.2, -0.15) is 19.3 Å². The SMILES string of the molecule is CCc1nsc(Sc2nc(Cl)nc(N(CC)CC)n2)n1. The minimum atomic E-state index is 0.199. The van der Waals surface area contributed by atoms with Crippen molar-refractivity contribution in [1.29, 1.82) is 0 Å². The van der Waals surface area contributed by atoms with E-state index < -0.39 is 0 Å². The number of hydrogen-bond acceptors (Lipinski definition) is 8. The summed E-state index contributed by atoms with van der Waals surface area (Å²) in [5.74, 6) is 1.43.